The average Bonchev–Trinajstić information content (AvgIpc) is 3.43. The maximum Gasteiger partial charge on any atom is 0.338 e. The minimum Gasteiger partial charge on any atom is -0.462 e. The first-order valence-corrected chi connectivity index (χ1v) is 12.1. The Hall–Kier alpha value is -3.69. The van der Waals surface area contributed by atoms with Gasteiger partial charge in [0.2, 0.25) is 5.91 Å². The smallest absolute Gasteiger partial charge is 0.338 e. The van der Waals surface area contributed by atoms with Gasteiger partial charge in [-0.3, -0.25) is 9.59 Å². The molecule has 1 atom stereocenters. The van der Waals surface area contributed by atoms with E-state index in [4.69, 9.17) is 16.3 Å². The van der Waals surface area contributed by atoms with E-state index in [1.54, 1.807) is 55.5 Å². The predicted molar refractivity (Wildman–Crippen MR) is 134 cm³/mol. The third kappa shape index (κ3) is 5.52. The van der Waals surface area contributed by atoms with Crippen LogP contribution in [0.3, 0.4) is 0 Å². The summed E-state index contributed by atoms with van der Waals surface area (Å²) < 4.78 is 4.95. The Morgan fingerprint density at radius 3 is 2.40 bits per heavy atom. The molecule has 2 aromatic carbocycles. The molecule has 4 rings (SSSR count). The molecule has 0 spiro atoms. The van der Waals surface area contributed by atoms with E-state index in [2.05, 4.69) is 5.32 Å². The van der Waals surface area contributed by atoms with Crippen LogP contribution in [0.5, 0.6) is 0 Å². The van der Waals surface area contributed by atoms with Gasteiger partial charge in [-0.25, -0.2) is 14.5 Å². The molecule has 10 heteroatoms. The number of urea groups is 1. The zero-order valence-corrected chi connectivity index (χ0v) is 20.3. The number of carbonyl (C=O) groups excluding carboxylic acids is 4. The lowest BCUT2D eigenvalue weighted by molar-refractivity contribution is -0.124. The van der Waals surface area contributed by atoms with Crippen molar-refractivity contribution in [1.82, 2.24) is 4.90 Å². The number of rotatable bonds is 8. The molecule has 1 fully saturated rings. The summed E-state index contributed by atoms with van der Waals surface area (Å²) >= 11 is 7.42. The monoisotopic (exact) mass is 511 g/mol. The van der Waals surface area contributed by atoms with Crippen LogP contribution in [-0.2, 0) is 20.9 Å². The first-order chi connectivity index (χ1) is 16.9. The fourth-order valence-corrected chi connectivity index (χ4v) is 4.53. The van der Waals surface area contributed by atoms with E-state index in [1.807, 2.05) is 17.5 Å². The number of hydrogen-bond donors (Lipinski definition) is 1. The van der Waals surface area contributed by atoms with E-state index in [1.165, 1.54) is 16.2 Å². The van der Waals surface area contributed by atoms with Crippen molar-refractivity contribution in [3.63, 3.8) is 0 Å². The highest BCUT2D eigenvalue weighted by molar-refractivity contribution is 7.09. The maximum absolute atomic E-state index is 13.3. The van der Waals surface area contributed by atoms with Gasteiger partial charge in [0.05, 0.1) is 30.8 Å². The maximum atomic E-state index is 13.3. The largest absolute Gasteiger partial charge is 0.462 e. The Morgan fingerprint density at radius 1 is 1.06 bits per heavy atom. The van der Waals surface area contributed by atoms with E-state index in [9.17, 15) is 19.2 Å². The predicted octanol–water partition coefficient (Wildman–Crippen LogP) is 4.94. The Morgan fingerprint density at radius 2 is 1.77 bits per heavy atom. The summed E-state index contributed by atoms with van der Waals surface area (Å²) in [7, 11) is 0. The highest BCUT2D eigenvalue weighted by Gasteiger charge is 2.46. The zero-order valence-electron chi connectivity index (χ0n) is 18.8. The van der Waals surface area contributed by atoms with Crippen LogP contribution in [0.1, 0.15) is 28.6 Å². The molecule has 1 N–H and O–H groups in total. The molecule has 4 amide bonds. The van der Waals surface area contributed by atoms with Gasteiger partial charge in [0.15, 0.2) is 0 Å². The topological polar surface area (TPSA) is 96.0 Å². The summed E-state index contributed by atoms with van der Waals surface area (Å²) in [5.41, 5.74) is 1.21. The molecule has 1 aliphatic rings. The molecule has 0 bridgehead atoms. The number of benzene rings is 2. The minimum atomic E-state index is -0.973. The van der Waals surface area contributed by atoms with Crippen molar-refractivity contribution in [1.29, 1.82) is 0 Å². The lowest BCUT2D eigenvalue weighted by Crippen LogP contribution is -2.37. The van der Waals surface area contributed by atoms with Gasteiger partial charge in [0.1, 0.15) is 6.04 Å². The van der Waals surface area contributed by atoms with Crippen LogP contribution in [0.25, 0.3) is 0 Å². The van der Waals surface area contributed by atoms with Crippen molar-refractivity contribution in [2.45, 2.75) is 25.9 Å². The minimum absolute atomic E-state index is 0.207. The molecule has 1 saturated heterocycles. The lowest BCUT2D eigenvalue weighted by atomic mass is 10.1. The van der Waals surface area contributed by atoms with E-state index in [0.29, 0.717) is 22.0 Å². The van der Waals surface area contributed by atoms with Crippen molar-refractivity contribution in [2.75, 3.05) is 16.8 Å². The van der Waals surface area contributed by atoms with Crippen molar-refractivity contribution in [2.24, 2.45) is 0 Å². The van der Waals surface area contributed by atoms with Crippen LogP contribution in [0.2, 0.25) is 5.02 Å². The molecule has 1 aliphatic heterocycles. The second-order valence-electron chi connectivity index (χ2n) is 7.71. The summed E-state index contributed by atoms with van der Waals surface area (Å²) in [5, 5.41) is 5.09. The fourth-order valence-electron chi connectivity index (χ4n) is 3.70. The Labute approximate surface area is 211 Å². The first kappa shape index (κ1) is 24.4. The van der Waals surface area contributed by atoms with Crippen molar-refractivity contribution >= 4 is 58.1 Å². The summed E-state index contributed by atoms with van der Waals surface area (Å²) in [4.78, 5) is 54.6. The molecular formula is C25H22ClN3O5S. The van der Waals surface area contributed by atoms with Crippen molar-refractivity contribution in [3.05, 3.63) is 81.5 Å². The Kier molecular flexibility index (Phi) is 7.48. The molecule has 2 heterocycles. The lowest BCUT2D eigenvalue weighted by Gasteiger charge is -2.21. The number of ether oxygens (including phenoxy) is 1. The third-order valence-electron chi connectivity index (χ3n) is 5.37. The summed E-state index contributed by atoms with van der Waals surface area (Å²) in [5.74, 6) is -1.37. The van der Waals surface area contributed by atoms with Crippen LogP contribution in [0.15, 0.2) is 66.0 Å². The van der Waals surface area contributed by atoms with E-state index >= 15 is 0 Å². The first-order valence-electron chi connectivity index (χ1n) is 10.9. The summed E-state index contributed by atoms with van der Waals surface area (Å²) in [6.07, 6.45) is -0.223. The van der Waals surface area contributed by atoms with Crippen LogP contribution < -0.4 is 10.2 Å². The number of nitrogens with one attached hydrogen (secondary N) is 1. The molecule has 1 unspecified atom stereocenters. The highest BCUT2D eigenvalue weighted by Crippen LogP contribution is 2.30. The number of thiophene rings is 1. The van der Waals surface area contributed by atoms with Gasteiger partial charge >= 0.3 is 12.0 Å². The average molecular weight is 512 g/mol. The zero-order chi connectivity index (χ0) is 24.9. The molecule has 0 radical (unpaired) electrons. The second-order valence-corrected chi connectivity index (χ2v) is 9.17. The molecule has 3 aromatic rings. The number of halogens is 1. The number of nitrogens with zero attached hydrogens (tertiary/aromatic N) is 2. The van der Waals surface area contributed by atoms with Gasteiger partial charge in [-0.1, -0.05) is 17.7 Å². The van der Waals surface area contributed by atoms with Gasteiger partial charge in [-0.2, -0.15) is 0 Å². The van der Waals surface area contributed by atoms with E-state index < -0.39 is 29.9 Å². The molecule has 1 aromatic heterocycles. The molecular weight excluding hydrogens is 490 g/mol. The van der Waals surface area contributed by atoms with Crippen molar-refractivity contribution in [3.8, 4) is 0 Å². The second kappa shape index (κ2) is 10.7. The van der Waals surface area contributed by atoms with Crippen molar-refractivity contribution < 1.29 is 23.9 Å². The summed E-state index contributed by atoms with van der Waals surface area (Å²) in [6, 6.07) is 14.9. The Bertz CT molecular complexity index is 1230. The normalized spacial score (nSPS) is 15.4. The standard InChI is InChI=1S/C25H22ClN3O5S/c1-2-34-24(32)16-5-9-18(10-6-16)27-22(30)14-21-23(31)29(19-11-7-17(26)8-12-19)25(33)28(21)15-20-4-3-13-35-20/h3-13,21H,2,14-15H2,1H3,(H,27,30). The number of carbonyl (C=O) groups is 4. The molecule has 35 heavy (non-hydrogen) atoms. The van der Waals surface area contributed by atoms with Gasteiger partial charge in [0, 0.05) is 15.6 Å². The number of anilines is 2. The highest BCUT2D eigenvalue weighted by atomic mass is 35.5. The Balaban J connectivity index is 1.51. The number of esters is 1. The van der Waals surface area contributed by atoms with Crippen LogP contribution in [0, 0.1) is 0 Å². The molecule has 180 valence electrons. The van der Waals surface area contributed by atoms with Gasteiger partial charge < -0.3 is 15.0 Å². The van der Waals surface area contributed by atoms with Crippen LogP contribution >= 0.6 is 22.9 Å². The van der Waals surface area contributed by atoms with E-state index in [0.717, 1.165) is 9.78 Å². The third-order valence-corrected chi connectivity index (χ3v) is 6.48. The van der Waals surface area contributed by atoms with Crippen LogP contribution in [0.4, 0.5) is 16.2 Å². The van der Waals surface area contributed by atoms with Gasteiger partial charge in [0.25, 0.3) is 5.91 Å². The number of amides is 4. The molecule has 0 saturated carbocycles. The van der Waals surface area contributed by atoms with Gasteiger partial charge in [-0.15, -0.1) is 11.3 Å². The van der Waals surface area contributed by atoms with E-state index in [-0.39, 0.29) is 19.6 Å². The molecule has 0 aliphatic carbocycles. The molecule has 8 nitrogen and oxygen atoms in total. The summed E-state index contributed by atoms with van der Waals surface area (Å²) in [6.45, 7) is 2.19. The van der Waals surface area contributed by atoms with Gasteiger partial charge in [-0.05, 0) is 66.9 Å². The SMILES string of the molecule is CCOC(=O)c1ccc(NC(=O)CC2C(=O)N(c3ccc(Cl)cc3)C(=O)N2Cc2cccs2)cc1. The van der Waals surface area contributed by atoms with Crippen LogP contribution in [-0.4, -0.2) is 41.4 Å². The fraction of sp³-hybridized carbons (Fsp3) is 0.200. The quantitative estimate of drug-likeness (QED) is 0.341. The number of hydrogen-bond acceptors (Lipinski definition) is 6. The number of imide groups is 1.